The molecule has 0 aliphatic heterocycles. The summed E-state index contributed by atoms with van der Waals surface area (Å²) in [5.41, 5.74) is 0.664. The van der Waals surface area contributed by atoms with Crippen LogP contribution in [0.15, 0.2) is 24.3 Å². The molecule has 0 aliphatic rings. The largest absolute Gasteiger partial charge is 0.305 e. The second-order valence-corrected chi connectivity index (χ2v) is 3.71. The van der Waals surface area contributed by atoms with Crippen molar-refractivity contribution in [3.63, 3.8) is 0 Å². The molecule has 1 unspecified atom stereocenters. The number of Topliss-reactive ketones (excluding diaryl/α,β-unsaturated/α-hetero) is 1. The summed E-state index contributed by atoms with van der Waals surface area (Å²) in [5, 5.41) is 0.597. The Labute approximate surface area is 93.6 Å². The molecule has 4 heteroatoms. The molecule has 0 saturated heterocycles. The molecule has 0 heterocycles. The van der Waals surface area contributed by atoms with E-state index in [1.54, 1.807) is 31.2 Å². The van der Waals surface area contributed by atoms with E-state index in [4.69, 9.17) is 11.6 Å². The van der Waals surface area contributed by atoms with Crippen LogP contribution in [0.4, 0.5) is 5.69 Å². The fraction of sp³-hybridized carbons (Fsp3) is 0.273. The zero-order valence-electron chi connectivity index (χ0n) is 8.61. The van der Waals surface area contributed by atoms with Gasteiger partial charge in [0.2, 0.25) is 6.41 Å². The predicted molar refractivity (Wildman–Crippen MR) is 60.1 cm³/mol. The summed E-state index contributed by atoms with van der Waals surface area (Å²) in [7, 11) is 0. The third kappa shape index (κ3) is 2.80. The average Bonchev–Trinajstić information content (AvgIpc) is 2.21. The van der Waals surface area contributed by atoms with E-state index in [2.05, 4.69) is 0 Å². The molecule has 0 radical (unpaired) electrons. The second kappa shape index (κ2) is 4.94. The smallest absolute Gasteiger partial charge is 0.214 e. The molecule has 80 valence electrons. The Kier molecular flexibility index (Phi) is 3.86. The molecule has 0 saturated carbocycles. The van der Waals surface area contributed by atoms with Crippen LogP contribution in [-0.2, 0) is 9.59 Å². The van der Waals surface area contributed by atoms with Crippen LogP contribution in [0, 0.1) is 0 Å². The van der Waals surface area contributed by atoms with Gasteiger partial charge in [0, 0.05) is 10.7 Å². The van der Waals surface area contributed by atoms with Gasteiger partial charge < -0.3 is 4.90 Å². The Morgan fingerprint density at radius 3 is 2.33 bits per heavy atom. The number of anilines is 1. The van der Waals surface area contributed by atoms with Crippen molar-refractivity contribution in [3.05, 3.63) is 29.3 Å². The Balaban J connectivity index is 2.97. The lowest BCUT2D eigenvalue weighted by atomic mass is 10.2. The number of rotatable bonds is 4. The maximum atomic E-state index is 11.2. The van der Waals surface area contributed by atoms with Crippen LogP contribution in [0.25, 0.3) is 0 Å². The van der Waals surface area contributed by atoms with E-state index in [9.17, 15) is 9.59 Å². The summed E-state index contributed by atoms with van der Waals surface area (Å²) in [6.07, 6.45) is 0.648. The Hall–Kier alpha value is -1.35. The lowest BCUT2D eigenvalue weighted by molar-refractivity contribution is -0.119. The first-order valence-electron chi connectivity index (χ1n) is 4.56. The van der Waals surface area contributed by atoms with Gasteiger partial charge in [0.15, 0.2) is 5.78 Å². The van der Waals surface area contributed by atoms with E-state index in [1.807, 2.05) is 0 Å². The lowest BCUT2D eigenvalue weighted by Crippen LogP contribution is -2.36. The SMILES string of the molecule is CC(=O)C(C)N(C=O)c1ccc(Cl)cc1. The van der Waals surface area contributed by atoms with E-state index in [0.29, 0.717) is 17.1 Å². The zero-order valence-corrected chi connectivity index (χ0v) is 9.36. The molecular formula is C11H12ClNO2. The van der Waals surface area contributed by atoms with E-state index < -0.39 is 6.04 Å². The Morgan fingerprint density at radius 2 is 1.93 bits per heavy atom. The quantitative estimate of drug-likeness (QED) is 0.738. The van der Waals surface area contributed by atoms with E-state index in [-0.39, 0.29) is 5.78 Å². The molecule has 1 aromatic rings. The fourth-order valence-corrected chi connectivity index (χ4v) is 1.31. The molecule has 0 bridgehead atoms. The molecule has 3 nitrogen and oxygen atoms in total. The van der Waals surface area contributed by atoms with Gasteiger partial charge in [0.25, 0.3) is 0 Å². The van der Waals surface area contributed by atoms with Crippen LogP contribution in [0.5, 0.6) is 0 Å². The first kappa shape index (κ1) is 11.7. The van der Waals surface area contributed by atoms with Gasteiger partial charge in [-0.3, -0.25) is 9.59 Å². The molecule has 1 atom stereocenters. The minimum atomic E-state index is -0.455. The van der Waals surface area contributed by atoms with E-state index >= 15 is 0 Å². The second-order valence-electron chi connectivity index (χ2n) is 3.28. The number of ketones is 1. The van der Waals surface area contributed by atoms with Crippen molar-refractivity contribution < 1.29 is 9.59 Å². The number of carbonyl (C=O) groups excluding carboxylic acids is 2. The number of amides is 1. The fourth-order valence-electron chi connectivity index (χ4n) is 1.18. The highest BCUT2D eigenvalue weighted by atomic mass is 35.5. The third-order valence-corrected chi connectivity index (χ3v) is 2.50. The summed E-state index contributed by atoms with van der Waals surface area (Å²) in [6.45, 7) is 3.14. The van der Waals surface area contributed by atoms with Crippen LogP contribution in [-0.4, -0.2) is 18.2 Å². The summed E-state index contributed by atoms with van der Waals surface area (Å²) in [4.78, 5) is 23.4. The molecule has 0 N–H and O–H groups in total. The van der Waals surface area contributed by atoms with Gasteiger partial charge in [-0.25, -0.2) is 0 Å². The van der Waals surface area contributed by atoms with Crippen molar-refractivity contribution >= 4 is 29.5 Å². The highest BCUT2D eigenvalue weighted by molar-refractivity contribution is 6.30. The van der Waals surface area contributed by atoms with Gasteiger partial charge >= 0.3 is 0 Å². The standard InChI is InChI=1S/C11H12ClNO2/c1-8(9(2)15)13(7-14)11-5-3-10(12)4-6-11/h3-8H,1-2H3. The molecule has 0 aliphatic carbocycles. The van der Waals surface area contributed by atoms with E-state index in [0.717, 1.165) is 0 Å². The molecule has 0 aromatic heterocycles. The van der Waals surface area contributed by atoms with Gasteiger partial charge in [-0.15, -0.1) is 0 Å². The number of halogens is 1. The maximum Gasteiger partial charge on any atom is 0.214 e. The summed E-state index contributed by atoms with van der Waals surface area (Å²) in [5.74, 6) is -0.0583. The highest BCUT2D eigenvalue weighted by Crippen LogP contribution is 2.18. The number of benzene rings is 1. The van der Waals surface area contributed by atoms with Gasteiger partial charge in [-0.2, -0.15) is 0 Å². The molecular weight excluding hydrogens is 214 g/mol. The third-order valence-electron chi connectivity index (χ3n) is 2.24. The molecule has 0 fully saturated rings. The van der Waals surface area contributed by atoms with Gasteiger partial charge in [-0.05, 0) is 38.1 Å². The molecule has 1 amide bonds. The first-order chi connectivity index (χ1) is 7.06. The summed E-state index contributed by atoms with van der Waals surface area (Å²) >= 11 is 5.73. The zero-order chi connectivity index (χ0) is 11.4. The molecule has 15 heavy (non-hydrogen) atoms. The van der Waals surface area contributed by atoms with Crippen LogP contribution in [0.2, 0.25) is 5.02 Å². The number of nitrogens with zero attached hydrogens (tertiary/aromatic N) is 1. The van der Waals surface area contributed by atoms with Crippen LogP contribution >= 0.6 is 11.6 Å². The van der Waals surface area contributed by atoms with Crippen molar-refractivity contribution in [1.82, 2.24) is 0 Å². The maximum absolute atomic E-state index is 11.2. The minimum Gasteiger partial charge on any atom is -0.305 e. The number of carbonyl (C=O) groups is 2. The molecule has 1 aromatic carbocycles. The van der Waals surface area contributed by atoms with Crippen LogP contribution in [0.3, 0.4) is 0 Å². The summed E-state index contributed by atoms with van der Waals surface area (Å²) < 4.78 is 0. The summed E-state index contributed by atoms with van der Waals surface area (Å²) in [6, 6.07) is 6.32. The molecule has 0 spiro atoms. The van der Waals surface area contributed by atoms with Gasteiger partial charge in [-0.1, -0.05) is 11.6 Å². The van der Waals surface area contributed by atoms with Crippen molar-refractivity contribution in [2.24, 2.45) is 0 Å². The van der Waals surface area contributed by atoms with Crippen LogP contribution in [0.1, 0.15) is 13.8 Å². The van der Waals surface area contributed by atoms with Crippen molar-refractivity contribution in [1.29, 1.82) is 0 Å². The highest BCUT2D eigenvalue weighted by Gasteiger charge is 2.17. The van der Waals surface area contributed by atoms with Crippen LogP contribution < -0.4 is 4.90 Å². The lowest BCUT2D eigenvalue weighted by Gasteiger charge is -2.22. The predicted octanol–water partition coefficient (Wildman–Crippen LogP) is 2.28. The average molecular weight is 226 g/mol. The first-order valence-corrected chi connectivity index (χ1v) is 4.93. The topological polar surface area (TPSA) is 37.4 Å². The normalized spacial score (nSPS) is 11.9. The monoisotopic (exact) mass is 225 g/mol. The van der Waals surface area contributed by atoms with Crippen molar-refractivity contribution in [2.45, 2.75) is 19.9 Å². The number of hydrogen-bond acceptors (Lipinski definition) is 2. The van der Waals surface area contributed by atoms with Gasteiger partial charge in [0.05, 0.1) is 6.04 Å². The Bertz CT molecular complexity index is 361. The Morgan fingerprint density at radius 1 is 1.40 bits per heavy atom. The minimum absolute atomic E-state index is 0.0583. The van der Waals surface area contributed by atoms with Crippen molar-refractivity contribution in [2.75, 3.05) is 4.90 Å². The van der Waals surface area contributed by atoms with Gasteiger partial charge in [0.1, 0.15) is 0 Å². The van der Waals surface area contributed by atoms with E-state index in [1.165, 1.54) is 11.8 Å². The molecule has 1 rings (SSSR count). The van der Waals surface area contributed by atoms with Crippen molar-refractivity contribution in [3.8, 4) is 0 Å². The number of hydrogen-bond donors (Lipinski definition) is 0.